The lowest BCUT2D eigenvalue weighted by Gasteiger charge is -2.20. The van der Waals surface area contributed by atoms with Crippen molar-refractivity contribution in [3.63, 3.8) is 0 Å². The zero-order valence-electron chi connectivity index (χ0n) is 11.3. The maximum Gasteiger partial charge on any atom is 0.125 e. The fraction of sp³-hybridized carbons (Fsp3) is 0.250. The summed E-state index contributed by atoms with van der Waals surface area (Å²) in [7, 11) is 1.92. The second-order valence-corrected chi connectivity index (χ2v) is 4.65. The smallest absolute Gasteiger partial charge is 0.125 e. The van der Waals surface area contributed by atoms with E-state index in [-0.39, 0.29) is 11.9 Å². The van der Waals surface area contributed by atoms with Crippen LogP contribution in [0.5, 0.6) is 0 Å². The molecule has 3 heteroatoms. The molecule has 1 atom stereocenters. The van der Waals surface area contributed by atoms with Gasteiger partial charge < -0.3 is 10.6 Å². The van der Waals surface area contributed by atoms with Gasteiger partial charge in [0.1, 0.15) is 5.82 Å². The molecule has 0 spiro atoms. The number of hydrogen-bond acceptors (Lipinski definition) is 2. The Morgan fingerprint density at radius 2 is 1.79 bits per heavy atom. The fourth-order valence-electron chi connectivity index (χ4n) is 2.01. The van der Waals surface area contributed by atoms with Crippen LogP contribution in [0.2, 0.25) is 0 Å². The molecule has 2 aromatic rings. The van der Waals surface area contributed by atoms with Gasteiger partial charge in [0.2, 0.25) is 0 Å². The first kappa shape index (κ1) is 13.6. The van der Waals surface area contributed by atoms with E-state index >= 15 is 0 Å². The van der Waals surface area contributed by atoms with Gasteiger partial charge in [-0.2, -0.15) is 0 Å². The summed E-state index contributed by atoms with van der Waals surface area (Å²) in [5.41, 5.74) is 8.95. The number of hydrogen-bond donors (Lipinski definition) is 1. The Kier molecular flexibility index (Phi) is 4.17. The third-order valence-corrected chi connectivity index (χ3v) is 3.34. The van der Waals surface area contributed by atoms with Crippen molar-refractivity contribution in [2.45, 2.75) is 19.4 Å². The fourth-order valence-corrected chi connectivity index (χ4v) is 2.01. The van der Waals surface area contributed by atoms with Crippen LogP contribution in [-0.4, -0.2) is 7.05 Å². The first-order valence-corrected chi connectivity index (χ1v) is 6.46. The van der Waals surface area contributed by atoms with Crippen molar-refractivity contribution in [3.05, 3.63) is 59.9 Å². The quantitative estimate of drug-likeness (QED) is 0.898. The highest BCUT2D eigenvalue weighted by Gasteiger charge is 2.07. The molecule has 0 aliphatic rings. The number of anilines is 2. The molecule has 0 saturated heterocycles. The molecule has 0 heterocycles. The third kappa shape index (κ3) is 3.12. The van der Waals surface area contributed by atoms with Crippen molar-refractivity contribution in [1.82, 2.24) is 0 Å². The SMILES string of the molecule is CC[C@@H](N)c1ccc(N(C)c2cccc(F)c2)cc1. The van der Waals surface area contributed by atoms with Gasteiger partial charge in [0.15, 0.2) is 0 Å². The number of nitrogens with two attached hydrogens (primary N) is 1. The summed E-state index contributed by atoms with van der Waals surface area (Å²) in [5, 5.41) is 0. The lowest BCUT2D eigenvalue weighted by atomic mass is 10.1. The topological polar surface area (TPSA) is 29.3 Å². The van der Waals surface area contributed by atoms with Gasteiger partial charge in [-0.3, -0.25) is 0 Å². The van der Waals surface area contributed by atoms with Crippen LogP contribution in [0.3, 0.4) is 0 Å². The first-order valence-electron chi connectivity index (χ1n) is 6.46. The van der Waals surface area contributed by atoms with Crippen molar-refractivity contribution in [1.29, 1.82) is 0 Å². The minimum atomic E-state index is -0.228. The van der Waals surface area contributed by atoms with Crippen LogP contribution in [0.15, 0.2) is 48.5 Å². The molecule has 2 aromatic carbocycles. The van der Waals surface area contributed by atoms with Crippen LogP contribution >= 0.6 is 0 Å². The van der Waals surface area contributed by atoms with Crippen LogP contribution in [0.25, 0.3) is 0 Å². The van der Waals surface area contributed by atoms with Gasteiger partial charge in [-0.1, -0.05) is 25.1 Å². The average molecular weight is 258 g/mol. The molecule has 0 aromatic heterocycles. The van der Waals surface area contributed by atoms with E-state index in [4.69, 9.17) is 5.73 Å². The summed E-state index contributed by atoms with van der Waals surface area (Å²) in [4.78, 5) is 1.95. The Morgan fingerprint density at radius 3 is 2.37 bits per heavy atom. The maximum atomic E-state index is 13.2. The molecule has 0 saturated carbocycles. The lowest BCUT2D eigenvalue weighted by molar-refractivity contribution is 0.628. The summed E-state index contributed by atoms with van der Waals surface area (Å²) < 4.78 is 13.2. The van der Waals surface area contributed by atoms with Crippen molar-refractivity contribution >= 4 is 11.4 Å². The molecule has 0 amide bonds. The summed E-state index contributed by atoms with van der Waals surface area (Å²) in [6.45, 7) is 2.07. The molecule has 0 aliphatic heterocycles. The van der Waals surface area contributed by atoms with E-state index in [2.05, 4.69) is 6.92 Å². The maximum absolute atomic E-state index is 13.2. The summed E-state index contributed by atoms with van der Waals surface area (Å²) in [6, 6.07) is 14.7. The van der Waals surface area contributed by atoms with Gasteiger partial charge in [0.05, 0.1) is 0 Å². The highest BCUT2D eigenvalue weighted by Crippen LogP contribution is 2.25. The Bertz CT molecular complexity index is 537. The molecule has 0 radical (unpaired) electrons. The Hall–Kier alpha value is -1.87. The molecular formula is C16H19FN2. The van der Waals surface area contributed by atoms with Crippen molar-refractivity contribution in [3.8, 4) is 0 Å². The van der Waals surface area contributed by atoms with Gasteiger partial charge in [0, 0.05) is 24.5 Å². The van der Waals surface area contributed by atoms with Crippen molar-refractivity contribution < 1.29 is 4.39 Å². The molecule has 2 N–H and O–H groups in total. The molecule has 0 aliphatic carbocycles. The highest BCUT2D eigenvalue weighted by atomic mass is 19.1. The van der Waals surface area contributed by atoms with E-state index in [0.717, 1.165) is 23.4 Å². The van der Waals surface area contributed by atoms with Crippen LogP contribution in [0.4, 0.5) is 15.8 Å². The van der Waals surface area contributed by atoms with Crippen molar-refractivity contribution in [2.24, 2.45) is 5.73 Å². The largest absolute Gasteiger partial charge is 0.345 e. The Labute approximate surface area is 113 Å². The van der Waals surface area contributed by atoms with Crippen LogP contribution in [-0.2, 0) is 0 Å². The van der Waals surface area contributed by atoms with Crippen LogP contribution in [0, 0.1) is 5.82 Å². The molecule has 19 heavy (non-hydrogen) atoms. The van der Waals surface area contributed by atoms with E-state index in [9.17, 15) is 4.39 Å². The summed E-state index contributed by atoms with van der Waals surface area (Å²) in [6.07, 6.45) is 0.916. The Balaban J connectivity index is 2.22. The zero-order valence-corrected chi connectivity index (χ0v) is 11.3. The van der Waals surface area contributed by atoms with Gasteiger partial charge in [-0.25, -0.2) is 4.39 Å². The van der Waals surface area contributed by atoms with E-state index in [1.807, 2.05) is 42.3 Å². The summed E-state index contributed by atoms with van der Waals surface area (Å²) in [5.74, 6) is -0.228. The number of benzene rings is 2. The number of halogens is 1. The minimum absolute atomic E-state index is 0.0773. The van der Waals surface area contributed by atoms with Gasteiger partial charge in [0.25, 0.3) is 0 Å². The molecule has 2 rings (SSSR count). The van der Waals surface area contributed by atoms with E-state index < -0.39 is 0 Å². The summed E-state index contributed by atoms with van der Waals surface area (Å²) >= 11 is 0. The number of rotatable bonds is 4. The zero-order chi connectivity index (χ0) is 13.8. The van der Waals surface area contributed by atoms with E-state index in [1.54, 1.807) is 6.07 Å². The predicted octanol–water partition coefficient (Wildman–Crippen LogP) is 4.00. The normalized spacial score (nSPS) is 12.2. The lowest BCUT2D eigenvalue weighted by Crippen LogP contribution is -2.11. The predicted molar refractivity (Wildman–Crippen MR) is 78.1 cm³/mol. The highest BCUT2D eigenvalue weighted by molar-refractivity contribution is 5.62. The van der Waals surface area contributed by atoms with Gasteiger partial charge >= 0.3 is 0 Å². The molecule has 100 valence electrons. The standard InChI is InChI=1S/C16H19FN2/c1-3-16(18)12-7-9-14(10-8-12)19(2)15-6-4-5-13(17)11-15/h4-11,16H,3,18H2,1-2H3/t16-/m1/s1. The first-order chi connectivity index (χ1) is 9.11. The average Bonchev–Trinajstić information content (AvgIpc) is 2.46. The van der Waals surface area contributed by atoms with E-state index in [0.29, 0.717) is 0 Å². The minimum Gasteiger partial charge on any atom is -0.345 e. The second-order valence-electron chi connectivity index (χ2n) is 4.65. The van der Waals surface area contributed by atoms with Crippen LogP contribution in [0.1, 0.15) is 24.9 Å². The van der Waals surface area contributed by atoms with Gasteiger partial charge in [-0.15, -0.1) is 0 Å². The van der Waals surface area contributed by atoms with E-state index in [1.165, 1.54) is 12.1 Å². The van der Waals surface area contributed by atoms with Crippen molar-refractivity contribution in [2.75, 3.05) is 11.9 Å². The molecule has 0 unspecified atom stereocenters. The Morgan fingerprint density at radius 1 is 1.11 bits per heavy atom. The molecule has 0 bridgehead atoms. The third-order valence-electron chi connectivity index (χ3n) is 3.34. The van der Waals surface area contributed by atoms with Crippen LogP contribution < -0.4 is 10.6 Å². The number of nitrogens with zero attached hydrogens (tertiary/aromatic N) is 1. The molecule has 2 nitrogen and oxygen atoms in total. The van der Waals surface area contributed by atoms with Gasteiger partial charge in [-0.05, 0) is 42.3 Å². The molecular weight excluding hydrogens is 239 g/mol. The monoisotopic (exact) mass is 258 g/mol. The molecule has 0 fully saturated rings. The second kappa shape index (κ2) is 5.85.